The van der Waals surface area contributed by atoms with E-state index < -0.39 is 0 Å². The molecule has 3 rings (SSSR count). The first-order valence-electron chi connectivity index (χ1n) is 5.57. The second-order valence-corrected chi connectivity index (χ2v) is 6.12. The Hall–Kier alpha value is -1.39. The summed E-state index contributed by atoms with van der Waals surface area (Å²) >= 11 is 5.15. The first-order valence-corrected chi connectivity index (χ1v) is 7.17. The molecule has 0 aliphatic rings. The van der Waals surface area contributed by atoms with Gasteiger partial charge in [0.05, 0.1) is 10.2 Å². The molecule has 0 amide bonds. The number of aromatic nitrogens is 1. The molecule has 0 saturated heterocycles. The maximum Gasteiger partial charge on any atom is 0.126 e. The van der Waals surface area contributed by atoms with Gasteiger partial charge in [0.1, 0.15) is 5.01 Å². The highest BCUT2D eigenvalue weighted by atomic mass is 79.9. The lowest BCUT2D eigenvalue weighted by atomic mass is 10.1. The third-order valence-corrected chi connectivity index (χ3v) is 4.40. The van der Waals surface area contributed by atoms with Gasteiger partial charge in [-0.1, -0.05) is 28.1 Å². The van der Waals surface area contributed by atoms with Crippen molar-refractivity contribution >= 4 is 43.2 Å². The maximum absolute atomic E-state index is 6.06. The van der Waals surface area contributed by atoms with Crippen LogP contribution in [0.4, 0.5) is 5.69 Å². The molecule has 2 aromatic carbocycles. The van der Waals surface area contributed by atoms with E-state index in [2.05, 4.69) is 40.0 Å². The van der Waals surface area contributed by atoms with Gasteiger partial charge in [-0.3, -0.25) is 0 Å². The number of nitrogen functional groups attached to an aromatic ring is 1. The number of aryl methyl sites for hydroxylation is 1. The fourth-order valence-electron chi connectivity index (χ4n) is 1.99. The fourth-order valence-corrected chi connectivity index (χ4v) is 3.64. The minimum atomic E-state index is 0.785. The molecule has 0 fully saturated rings. The number of fused-ring (bicyclic) bond motifs is 1. The summed E-state index contributed by atoms with van der Waals surface area (Å²) in [5.74, 6) is 0. The van der Waals surface area contributed by atoms with E-state index in [0.717, 1.165) is 31.8 Å². The fraction of sp³-hybridized carbons (Fsp3) is 0.0714. The number of benzene rings is 2. The first-order chi connectivity index (χ1) is 8.65. The smallest absolute Gasteiger partial charge is 0.126 e. The van der Waals surface area contributed by atoms with Crippen LogP contribution in [0.3, 0.4) is 0 Å². The quantitative estimate of drug-likeness (QED) is 0.665. The van der Waals surface area contributed by atoms with Crippen LogP contribution in [-0.4, -0.2) is 4.98 Å². The molecule has 2 N–H and O–H groups in total. The van der Waals surface area contributed by atoms with Crippen molar-refractivity contribution in [3.05, 3.63) is 46.4 Å². The Morgan fingerprint density at radius 1 is 1.22 bits per heavy atom. The van der Waals surface area contributed by atoms with Crippen LogP contribution in [0.15, 0.2) is 40.9 Å². The Kier molecular flexibility index (Phi) is 2.84. The van der Waals surface area contributed by atoms with Crippen molar-refractivity contribution < 1.29 is 0 Å². The summed E-state index contributed by atoms with van der Waals surface area (Å²) in [6, 6.07) is 12.1. The molecule has 1 aromatic heterocycles. The molecule has 0 bridgehead atoms. The third-order valence-electron chi connectivity index (χ3n) is 2.87. The highest BCUT2D eigenvalue weighted by molar-refractivity contribution is 9.10. The van der Waals surface area contributed by atoms with E-state index in [4.69, 9.17) is 5.73 Å². The molecule has 1 heterocycles. The lowest BCUT2D eigenvalue weighted by Gasteiger charge is -2.05. The first kappa shape index (κ1) is 11.7. The highest BCUT2D eigenvalue weighted by Gasteiger charge is 2.11. The van der Waals surface area contributed by atoms with Crippen molar-refractivity contribution in [1.82, 2.24) is 4.98 Å². The molecule has 0 atom stereocenters. The van der Waals surface area contributed by atoms with E-state index >= 15 is 0 Å². The summed E-state index contributed by atoms with van der Waals surface area (Å²) in [5.41, 5.74) is 10.1. The summed E-state index contributed by atoms with van der Waals surface area (Å²) < 4.78 is 2.24. The topological polar surface area (TPSA) is 38.9 Å². The summed E-state index contributed by atoms with van der Waals surface area (Å²) in [5, 5.41) is 0.985. The van der Waals surface area contributed by atoms with E-state index in [1.54, 1.807) is 11.3 Å². The molecular formula is C14H11BrN2S. The third kappa shape index (κ3) is 1.91. The van der Waals surface area contributed by atoms with Crippen molar-refractivity contribution in [2.24, 2.45) is 0 Å². The van der Waals surface area contributed by atoms with Crippen molar-refractivity contribution in [1.29, 1.82) is 0 Å². The minimum Gasteiger partial charge on any atom is -0.398 e. The normalized spacial score (nSPS) is 11.0. The van der Waals surface area contributed by atoms with Gasteiger partial charge in [0, 0.05) is 15.7 Å². The molecular weight excluding hydrogens is 308 g/mol. The standard InChI is InChI=1S/C14H11BrN2S/c1-8-3-2-4-10(16)13(8)14-17-11-6-5-9(15)7-12(11)18-14/h2-7H,16H2,1H3. The Morgan fingerprint density at radius 2 is 2.06 bits per heavy atom. The monoisotopic (exact) mass is 318 g/mol. The highest BCUT2D eigenvalue weighted by Crippen LogP contribution is 2.36. The molecule has 0 aliphatic carbocycles. The second-order valence-electron chi connectivity index (χ2n) is 4.17. The van der Waals surface area contributed by atoms with Crippen LogP contribution in [0.1, 0.15) is 5.56 Å². The molecule has 90 valence electrons. The van der Waals surface area contributed by atoms with Gasteiger partial charge in [-0.25, -0.2) is 4.98 Å². The van der Waals surface area contributed by atoms with Gasteiger partial charge in [0.25, 0.3) is 0 Å². The molecule has 18 heavy (non-hydrogen) atoms. The summed E-state index contributed by atoms with van der Waals surface area (Å²) in [6.07, 6.45) is 0. The number of rotatable bonds is 1. The van der Waals surface area contributed by atoms with Gasteiger partial charge >= 0.3 is 0 Å². The molecule has 0 saturated carbocycles. The largest absolute Gasteiger partial charge is 0.398 e. The number of hydrogen-bond acceptors (Lipinski definition) is 3. The zero-order valence-electron chi connectivity index (χ0n) is 9.77. The van der Waals surface area contributed by atoms with Crippen molar-refractivity contribution in [3.8, 4) is 10.6 Å². The van der Waals surface area contributed by atoms with Gasteiger partial charge in [0.15, 0.2) is 0 Å². The predicted octanol–water partition coefficient (Wildman–Crippen LogP) is 4.62. The molecule has 0 radical (unpaired) electrons. The lowest BCUT2D eigenvalue weighted by molar-refractivity contribution is 1.41. The summed E-state index contributed by atoms with van der Waals surface area (Å²) in [7, 11) is 0. The van der Waals surface area contributed by atoms with Crippen LogP contribution in [0.5, 0.6) is 0 Å². The van der Waals surface area contributed by atoms with Crippen LogP contribution < -0.4 is 5.73 Å². The predicted molar refractivity (Wildman–Crippen MR) is 81.9 cm³/mol. The van der Waals surface area contributed by atoms with Gasteiger partial charge < -0.3 is 5.73 Å². The average Bonchev–Trinajstić information content (AvgIpc) is 2.71. The molecule has 0 aliphatic heterocycles. The van der Waals surface area contributed by atoms with Crippen LogP contribution >= 0.6 is 27.3 Å². The number of thiazole rings is 1. The summed E-state index contributed by atoms with van der Waals surface area (Å²) in [4.78, 5) is 4.66. The SMILES string of the molecule is Cc1cccc(N)c1-c1nc2ccc(Br)cc2s1. The molecule has 0 unspecified atom stereocenters. The minimum absolute atomic E-state index is 0.785. The van der Waals surface area contributed by atoms with Gasteiger partial charge in [-0.05, 0) is 36.8 Å². The van der Waals surface area contributed by atoms with E-state index in [0.29, 0.717) is 0 Å². The maximum atomic E-state index is 6.06. The van der Waals surface area contributed by atoms with Gasteiger partial charge in [-0.15, -0.1) is 11.3 Å². The van der Waals surface area contributed by atoms with Crippen molar-refractivity contribution in [2.45, 2.75) is 6.92 Å². The van der Waals surface area contributed by atoms with Gasteiger partial charge in [0.2, 0.25) is 0 Å². The van der Waals surface area contributed by atoms with Crippen LogP contribution in [0.25, 0.3) is 20.8 Å². The van der Waals surface area contributed by atoms with E-state index in [9.17, 15) is 0 Å². The van der Waals surface area contributed by atoms with Crippen LogP contribution in [0.2, 0.25) is 0 Å². The molecule has 4 heteroatoms. The number of anilines is 1. The van der Waals surface area contributed by atoms with E-state index in [-0.39, 0.29) is 0 Å². The molecule has 2 nitrogen and oxygen atoms in total. The average molecular weight is 319 g/mol. The second kappa shape index (κ2) is 4.37. The van der Waals surface area contributed by atoms with Crippen molar-refractivity contribution in [2.75, 3.05) is 5.73 Å². The van der Waals surface area contributed by atoms with Crippen LogP contribution in [-0.2, 0) is 0 Å². The number of hydrogen-bond donors (Lipinski definition) is 1. The zero-order chi connectivity index (χ0) is 12.7. The number of nitrogens with zero attached hydrogens (tertiary/aromatic N) is 1. The zero-order valence-corrected chi connectivity index (χ0v) is 12.2. The van der Waals surface area contributed by atoms with Gasteiger partial charge in [-0.2, -0.15) is 0 Å². The number of nitrogens with two attached hydrogens (primary N) is 1. The summed E-state index contributed by atoms with van der Waals surface area (Å²) in [6.45, 7) is 2.06. The Balaban J connectivity index is 2.26. The van der Waals surface area contributed by atoms with E-state index in [1.165, 1.54) is 4.70 Å². The molecule has 0 spiro atoms. The lowest BCUT2D eigenvalue weighted by Crippen LogP contribution is -1.91. The Bertz CT molecular complexity index is 713. The Labute approximate surface area is 118 Å². The number of halogens is 1. The van der Waals surface area contributed by atoms with Crippen LogP contribution in [0, 0.1) is 6.92 Å². The van der Waals surface area contributed by atoms with Crippen molar-refractivity contribution in [3.63, 3.8) is 0 Å². The van der Waals surface area contributed by atoms with E-state index in [1.807, 2.05) is 24.3 Å². The molecule has 3 aromatic rings. The Morgan fingerprint density at radius 3 is 2.83 bits per heavy atom.